The molecule has 2 nitrogen and oxygen atoms in total. The summed E-state index contributed by atoms with van der Waals surface area (Å²) in [4.78, 5) is 0. The zero-order valence-corrected chi connectivity index (χ0v) is 11.0. The summed E-state index contributed by atoms with van der Waals surface area (Å²) in [5.41, 5.74) is 4.42. The number of hydrogen-bond acceptors (Lipinski definition) is 3. The molecule has 0 fully saturated rings. The van der Waals surface area contributed by atoms with Gasteiger partial charge in [0.15, 0.2) is 0 Å². The number of aromatic hydroxyl groups is 1. The number of aryl methyl sites for hydroxylation is 2. The summed E-state index contributed by atoms with van der Waals surface area (Å²) in [7, 11) is 0. The molecule has 2 N–H and O–H groups in total. The van der Waals surface area contributed by atoms with Gasteiger partial charge < -0.3 is 10.4 Å². The third kappa shape index (κ3) is 3.08. The van der Waals surface area contributed by atoms with Crippen LogP contribution in [-0.2, 0) is 13.1 Å². The Morgan fingerprint density at radius 2 is 1.76 bits per heavy atom. The summed E-state index contributed by atoms with van der Waals surface area (Å²) in [6.45, 7) is 5.59. The molecule has 0 saturated heterocycles. The fraction of sp³-hybridized carbons (Fsp3) is 0.286. The number of benzene rings is 1. The standard InChI is InChI=1S/C14H17NOS/c1-10-5-13(6-11(2)14(10)16)8-15-7-12-3-4-17-9-12/h3-6,9,15-16H,7-8H2,1-2H3. The van der Waals surface area contributed by atoms with Crippen molar-refractivity contribution in [2.45, 2.75) is 26.9 Å². The highest BCUT2D eigenvalue weighted by Crippen LogP contribution is 2.22. The quantitative estimate of drug-likeness (QED) is 0.868. The first-order valence-electron chi connectivity index (χ1n) is 5.67. The molecule has 0 amide bonds. The van der Waals surface area contributed by atoms with Crippen LogP contribution in [0.25, 0.3) is 0 Å². The lowest BCUT2D eigenvalue weighted by atomic mass is 10.1. The Bertz CT molecular complexity index is 468. The van der Waals surface area contributed by atoms with Gasteiger partial charge in [-0.3, -0.25) is 0 Å². The molecule has 1 aromatic carbocycles. The van der Waals surface area contributed by atoms with Crippen LogP contribution in [0.4, 0.5) is 0 Å². The van der Waals surface area contributed by atoms with Crippen LogP contribution in [0.15, 0.2) is 29.0 Å². The highest BCUT2D eigenvalue weighted by atomic mass is 32.1. The van der Waals surface area contributed by atoms with Crippen LogP contribution >= 0.6 is 11.3 Å². The van der Waals surface area contributed by atoms with Gasteiger partial charge in [0, 0.05) is 13.1 Å². The number of nitrogens with one attached hydrogen (secondary N) is 1. The Hall–Kier alpha value is -1.32. The lowest BCUT2D eigenvalue weighted by molar-refractivity contribution is 0.466. The molecule has 0 saturated carbocycles. The van der Waals surface area contributed by atoms with Crippen LogP contribution in [0.3, 0.4) is 0 Å². The number of phenols is 1. The molecule has 2 aromatic rings. The summed E-state index contributed by atoms with van der Waals surface area (Å²) >= 11 is 1.72. The average Bonchev–Trinajstić information content (AvgIpc) is 2.79. The van der Waals surface area contributed by atoms with Crippen molar-refractivity contribution in [1.82, 2.24) is 5.32 Å². The second-order valence-electron chi connectivity index (χ2n) is 4.31. The molecule has 3 heteroatoms. The van der Waals surface area contributed by atoms with E-state index in [9.17, 15) is 5.11 Å². The maximum atomic E-state index is 9.69. The maximum absolute atomic E-state index is 9.69. The summed E-state index contributed by atoms with van der Waals surface area (Å²) in [5, 5.41) is 17.3. The number of thiophene rings is 1. The van der Waals surface area contributed by atoms with Crippen molar-refractivity contribution >= 4 is 11.3 Å². The predicted molar refractivity (Wildman–Crippen MR) is 72.4 cm³/mol. The topological polar surface area (TPSA) is 32.3 Å². The van der Waals surface area contributed by atoms with E-state index < -0.39 is 0 Å². The molecule has 0 radical (unpaired) electrons. The lowest BCUT2D eigenvalue weighted by Crippen LogP contribution is -2.12. The van der Waals surface area contributed by atoms with Gasteiger partial charge in [0.2, 0.25) is 0 Å². The first-order valence-corrected chi connectivity index (χ1v) is 6.62. The van der Waals surface area contributed by atoms with E-state index in [1.807, 2.05) is 26.0 Å². The van der Waals surface area contributed by atoms with E-state index >= 15 is 0 Å². The van der Waals surface area contributed by atoms with E-state index in [0.29, 0.717) is 5.75 Å². The molecule has 0 aliphatic heterocycles. The van der Waals surface area contributed by atoms with Crippen molar-refractivity contribution in [1.29, 1.82) is 0 Å². The minimum absolute atomic E-state index is 0.409. The molecule has 0 spiro atoms. The molecule has 17 heavy (non-hydrogen) atoms. The first-order chi connectivity index (χ1) is 8.16. The van der Waals surface area contributed by atoms with Crippen molar-refractivity contribution in [3.63, 3.8) is 0 Å². The minimum atomic E-state index is 0.409. The zero-order chi connectivity index (χ0) is 12.3. The van der Waals surface area contributed by atoms with Gasteiger partial charge in [0.05, 0.1) is 0 Å². The summed E-state index contributed by atoms with van der Waals surface area (Å²) < 4.78 is 0. The van der Waals surface area contributed by atoms with Crippen LogP contribution in [0.2, 0.25) is 0 Å². The van der Waals surface area contributed by atoms with E-state index in [0.717, 1.165) is 24.2 Å². The Kier molecular flexibility index (Phi) is 3.82. The summed E-state index contributed by atoms with van der Waals surface area (Å²) in [5.74, 6) is 0.409. The van der Waals surface area contributed by atoms with Crippen molar-refractivity contribution in [3.8, 4) is 5.75 Å². The third-order valence-corrected chi connectivity index (χ3v) is 3.52. The third-order valence-electron chi connectivity index (χ3n) is 2.79. The molecule has 2 rings (SSSR count). The van der Waals surface area contributed by atoms with Gasteiger partial charge in [-0.05, 0) is 52.9 Å². The van der Waals surface area contributed by atoms with E-state index in [2.05, 4.69) is 22.1 Å². The Morgan fingerprint density at radius 3 is 2.35 bits per heavy atom. The van der Waals surface area contributed by atoms with Gasteiger partial charge in [0.25, 0.3) is 0 Å². The summed E-state index contributed by atoms with van der Waals surface area (Å²) in [6, 6.07) is 6.19. The molecule has 0 aliphatic rings. The largest absolute Gasteiger partial charge is 0.507 e. The van der Waals surface area contributed by atoms with Crippen LogP contribution < -0.4 is 5.32 Å². The SMILES string of the molecule is Cc1cc(CNCc2ccsc2)cc(C)c1O. The molecule has 0 bridgehead atoms. The molecular weight excluding hydrogens is 230 g/mol. The Balaban J connectivity index is 1.95. The first kappa shape index (κ1) is 12.1. The molecule has 90 valence electrons. The van der Waals surface area contributed by atoms with Crippen molar-refractivity contribution < 1.29 is 5.11 Å². The molecule has 0 atom stereocenters. The van der Waals surface area contributed by atoms with Crippen molar-refractivity contribution in [2.75, 3.05) is 0 Å². The van der Waals surface area contributed by atoms with E-state index in [4.69, 9.17) is 0 Å². The maximum Gasteiger partial charge on any atom is 0.121 e. The molecule has 1 aromatic heterocycles. The number of phenolic OH excluding ortho intramolecular Hbond substituents is 1. The van der Waals surface area contributed by atoms with E-state index in [1.165, 1.54) is 11.1 Å². The molecule has 0 unspecified atom stereocenters. The smallest absolute Gasteiger partial charge is 0.121 e. The molecule has 0 aliphatic carbocycles. The van der Waals surface area contributed by atoms with Crippen LogP contribution in [0.5, 0.6) is 5.75 Å². The van der Waals surface area contributed by atoms with Gasteiger partial charge in [-0.2, -0.15) is 11.3 Å². The number of hydrogen-bond donors (Lipinski definition) is 2. The van der Waals surface area contributed by atoms with Crippen LogP contribution in [0.1, 0.15) is 22.3 Å². The van der Waals surface area contributed by atoms with Gasteiger partial charge in [0.1, 0.15) is 5.75 Å². The van der Waals surface area contributed by atoms with Crippen LogP contribution in [0, 0.1) is 13.8 Å². The highest BCUT2D eigenvalue weighted by Gasteiger charge is 2.03. The second-order valence-corrected chi connectivity index (χ2v) is 5.09. The van der Waals surface area contributed by atoms with Gasteiger partial charge >= 0.3 is 0 Å². The fourth-order valence-electron chi connectivity index (χ4n) is 1.89. The normalized spacial score (nSPS) is 10.7. The molecular formula is C14H17NOS. The zero-order valence-electron chi connectivity index (χ0n) is 10.2. The van der Waals surface area contributed by atoms with Gasteiger partial charge in [-0.1, -0.05) is 12.1 Å². The summed E-state index contributed by atoms with van der Waals surface area (Å²) in [6.07, 6.45) is 0. The Morgan fingerprint density at radius 1 is 1.12 bits per heavy atom. The Labute approximate surface area is 106 Å². The fourth-order valence-corrected chi connectivity index (χ4v) is 2.56. The van der Waals surface area contributed by atoms with Gasteiger partial charge in [-0.15, -0.1) is 0 Å². The van der Waals surface area contributed by atoms with Crippen molar-refractivity contribution in [3.05, 3.63) is 51.2 Å². The molecule has 1 heterocycles. The number of rotatable bonds is 4. The predicted octanol–water partition coefficient (Wildman–Crippen LogP) is 3.36. The van der Waals surface area contributed by atoms with Crippen LogP contribution in [-0.4, -0.2) is 5.11 Å². The monoisotopic (exact) mass is 247 g/mol. The second kappa shape index (κ2) is 5.34. The van der Waals surface area contributed by atoms with Gasteiger partial charge in [-0.25, -0.2) is 0 Å². The highest BCUT2D eigenvalue weighted by molar-refractivity contribution is 7.07. The minimum Gasteiger partial charge on any atom is -0.507 e. The average molecular weight is 247 g/mol. The van der Waals surface area contributed by atoms with E-state index in [1.54, 1.807) is 11.3 Å². The van der Waals surface area contributed by atoms with Crippen molar-refractivity contribution in [2.24, 2.45) is 0 Å². The van der Waals surface area contributed by atoms with E-state index in [-0.39, 0.29) is 0 Å². The lowest BCUT2D eigenvalue weighted by Gasteiger charge is -2.08.